The van der Waals surface area contributed by atoms with Crippen LogP contribution in [-0.4, -0.2) is 49.3 Å². The molecule has 3 atom stereocenters. The zero-order chi connectivity index (χ0) is 13.1. The minimum Gasteiger partial charge on any atom is -0.381 e. The molecule has 110 valence electrons. The molecule has 0 amide bonds. The van der Waals surface area contributed by atoms with Gasteiger partial charge < -0.3 is 10.1 Å². The average Bonchev–Trinajstić information content (AvgIpc) is 2.41. The molecule has 3 heterocycles. The highest BCUT2D eigenvalue weighted by molar-refractivity contribution is 4.95. The third kappa shape index (κ3) is 3.32. The van der Waals surface area contributed by atoms with Gasteiger partial charge in [0.05, 0.1) is 6.61 Å². The Labute approximate surface area is 118 Å². The van der Waals surface area contributed by atoms with E-state index in [0.717, 1.165) is 43.8 Å². The predicted molar refractivity (Wildman–Crippen MR) is 78.4 cm³/mol. The zero-order valence-electron chi connectivity index (χ0n) is 12.4. The van der Waals surface area contributed by atoms with E-state index in [1.54, 1.807) is 0 Å². The molecule has 0 aromatic rings. The number of piperidine rings is 2. The van der Waals surface area contributed by atoms with Gasteiger partial charge in [-0.3, -0.25) is 4.90 Å². The fourth-order valence-corrected chi connectivity index (χ4v) is 4.48. The van der Waals surface area contributed by atoms with Crippen LogP contribution in [0, 0.1) is 5.92 Å². The molecule has 3 aliphatic rings. The van der Waals surface area contributed by atoms with Crippen LogP contribution in [-0.2, 0) is 4.74 Å². The second kappa shape index (κ2) is 6.55. The lowest BCUT2D eigenvalue weighted by Gasteiger charge is -2.50. The van der Waals surface area contributed by atoms with Gasteiger partial charge in [-0.1, -0.05) is 13.3 Å². The highest BCUT2D eigenvalue weighted by Gasteiger charge is 2.38. The summed E-state index contributed by atoms with van der Waals surface area (Å²) < 4.78 is 5.67. The molecule has 3 fully saturated rings. The van der Waals surface area contributed by atoms with Crippen molar-refractivity contribution in [1.82, 2.24) is 10.2 Å². The number of rotatable bonds is 4. The van der Waals surface area contributed by atoms with Crippen LogP contribution < -0.4 is 5.32 Å². The number of nitrogens with zero attached hydrogens (tertiary/aromatic N) is 1. The first-order valence-corrected chi connectivity index (χ1v) is 8.43. The Morgan fingerprint density at radius 3 is 2.53 bits per heavy atom. The molecule has 3 rings (SSSR count). The zero-order valence-corrected chi connectivity index (χ0v) is 12.4. The smallest absolute Gasteiger partial charge is 0.0506 e. The molecule has 3 aliphatic heterocycles. The maximum absolute atomic E-state index is 5.67. The molecule has 1 N–H and O–H groups in total. The third-order valence-corrected chi connectivity index (χ3v) is 5.34. The predicted octanol–water partition coefficient (Wildman–Crippen LogP) is 2.41. The molecule has 3 saturated heterocycles. The monoisotopic (exact) mass is 266 g/mol. The summed E-state index contributed by atoms with van der Waals surface area (Å²) in [6.07, 6.45) is 9.69. The molecule has 0 aliphatic carbocycles. The van der Waals surface area contributed by atoms with E-state index in [4.69, 9.17) is 4.74 Å². The van der Waals surface area contributed by atoms with Crippen molar-refractivity contribution in [2.45, 2.75) is 70.0 Å². The molecule has 3 heteroatoms. The van der Waals surface area contributed by atoms with Crippen molar-refractivity contribution in [3.05, 3.63) is 0 Å². The van der Waals surface area contributed by atoms with Gasteiger partial charge in [0.15, 0.2) is 0 Å². The largest absolute Gasteiger partial charge is 0.381 e. The van der Waals surface area contributed by atoms with Crippen LogP contribution in [0.2, 0.25) is 0 Å². The molecule has 3 unspecified atom stereocenters. The number of fused-ring (bicyclic) bond motifs is 2. The van der Waals surface area contributed by atoms with Crippen LogP contribution in [0.4, 0.5) is 0 Å². The summed E-state index contributed by atoms with van der Waals surface area (Å²) in [7, 11) is 0. The molecule has 2 bridgehead atoms. The molecule has 0 saturated carbocycles. The average molecular weight is 266 g/mol. The molecular formula is C16H30N2O. The highest BCUT2D eigenvalue weighted by atomic mass is 16.5. The van der Waals surface area contributed by atoms with Gasteiger partial charge in [0.1, 0.15) is 0 Å². The van der Waals surface area contributed by atoms with Crippen molar-refractivity contribution in [3.8, 4) is 0 Å². The Balaban J connectivity index is 1.58. The summed E-state index contributed by atoms with van der Waals surface area (Å²) in [5.41, 5.74) is 0. The van der Waals surface area contributed by atoms with E-state index >= 15 is 0 Å². The lowest BCUT2D eigenvalue weighted by molar-refractivity contribution is -0.0190. The van der Waals surface area contributed by atoms with Crippen LogP contribution in [0.15, 0.2) is 0 Å². The SMILES string of the molecule is CCNC1CC2CCCC(C1)N2CC1CCCOC1. The van der Waals surface area contributed by atoms with Gasteiger partial charge in [0.25, 0.3) is 0 Å². The Bertz CT molecular complexity index is 264. The minimum absolute atomic E-state index is 0.777. The second-order valence-electron chi connectivity index (χ2n) is 6.74. The molecule has 19 heavy (non-hydrogen) atoms. The summed E-state index contributed by atoms with van der Waals surface area (Å²) >= 11 is 0. The van der Waals surface area contributed by atoms with Crippen molar-refractivity contribution in [2.75, 3.05) is 26.3 Å². The summed E-state index contributed by atoms with van der Waals surface area (Å²) in [5.74, 6) is 0.799. The van der Waals surface area contributed by atoms with E-state index in [1.165, 1.54) is 51.5 Å². The maximum Gasteiger partial charge on any atom is 0.0506 e. The van der Waals surface area contributed by atoms with E-state index < -0.39 is 0 Å². The minimum atomic E-state index is 0.777. The first-order chi connectivity index (χ1) is 9.36. The van der Waals surface area contributed by atoms with E-state index in [-0.39, 0.29) is 0 Å². The quantitative estimate of drug-likeness (QED) is 0.845. The lowest BCUT2D eigenvalue weighted by Crippen LogP contribution is -2.57. The molecule has 0 spiro atoms. The maximum atomic E-state index is 5.67. The first-order valence-electron chi connectivity index (χ1n) is 8.43. The van der Waals surface area contributed by atoms with Crippen LogP contribution in [0.1, 0.15) is 51.9 Å². The Hall–Kier alpha value is -0.120. The van der Waals surface area contributed by atoms with Gasteiger partial charge in [-0.05, 0) is 51.0 Å². The standard InChI is InChI=1S/C16H30N2O/c1-2-17-14-9-15-6-3-7-16(10-14)18(15)11-13-5-4-8-19-12-13/h13-17H,2-12H2,1H3. The molecule has 0 aromatic heterocycles. The molecule has 0 aromatic carbocycles. The van der Waals surface area contributed by atoms with Gasteiger partial charge in [-0.2, -0.15) is 0 Å². The summed E-state index contributed by atoms with van der Waals surface area (Å²) in [6, 6.07) is 2.47. The van der Waals surface area contributed by atoms with Crippen molar-refractivity contribution in [3.63, 3.8) is 0 Å². The van der Waals surface area contributed by atoms with Gasteiger partial charge >= 0.3 is 0 Å². The van der Waals surface area contributed by atoms with E-state index in [0.29, 0.717) is 0 Å². The third-order valence-electron chi connectivity index (χ3n) is 5.34. The van der Waals surface area contributed by atoms with Crippen LogP contribution in [0.3, 0.4) is 0 Å². The van der Waals surface area contributed by atoms with Crippen LogP contribution >= 0.6 is 0 Å². The second-order valence-corrected chi connectivity index (χ2v) is 6.74. The van der Waals surface area contributed by atoms with Gasteiger partial charge in [0, 0.05) is 31.3 Å². The number of hydrogen-bond acceptors (Lipinski definition) is 3. The molecule has 0 radical (unpaired) electrons. The van der Waals surface area contributed by atoms with Crippen molar-refractivity contribution < 1.29 is 4.74 Å². The fourth-order valence-electron chi connectivity index (χ4n) is 4.48. The van der Waals surface area contributed by atoms with E-state index in [1.807, 2.05) is 0 Å². The summed E-state index contributed by atoms with van der Waals surface area (Å²) in [4.78, 5) is 2.86. The number of hydrogen-bond donors (Lipinski definition) is 1. The number of nitrogens with one attached hydrogen (secondary N) is 1. The lowest BCUT2D eigenvalue weighted by atomic mass is 9.81. The highest BCUT2D eigenvalue weighted by Crippen LogP contribution is 2.35. The Morgan fingerprint density at radius 2 is 1.89 bits per heavy atom. The van der Waals surface area contributed by atoms with E-state index in [2.05, 4.69) is 17.1 Å². The van der Waals surface area contributed by atoms with Crippen molar-refractivity contribution in [2.24, 2.45) is 5.92 Å². The molecule has 3 nitrogen and oxygen atoms in total. The normalized spacial score (nSPS) is 40.3. The van der Waals surface area contributed by atoms with Gasteiger partial charge in [-0.25, -0.2) is 0 Å². The summed E-state index contributed by atoms with van der Waals surface area (Å²) in [6.45, 7) is 6.66. The molecular weight excluding hydrogens is 236 g/mol. The fraction of sp³-hybridized carbons (Fsp3) is 1.00. The van der Waals surface area contributed by atoms with Crippen molar-refractivity contribution >= 4 is 0 Å². The van der Waals surface area contributed by atoms with Gasteiger partial charge in [0.2, 0.25) is 0 Å². The number of ether oxygens (including phenoxy) is 1. The van der Waals surface area contributed by atoms with Crippen molar-refractivity contribution in [1.29, 1.82) is 0 Å². The summed E-state index contributed by atoms with van der Waals surface area (Å²) in [5, 5.41) is 3.69. The van der Waals surface area contributed by atoms with Crippen LogP contribution in [0.25, 0.3) is 0 Å². The Kier molecular flexibility index (Phi) is 4.78. The first kappa shape index (κ1) is 13.8. The van der Waals surface area contributed by atoms with E-state index in [9.17, 15) is 0 Å². The van der Waals surface area contributed by atoms with Gasteiger partial charge in [-0.15, -0.1) is 0 Å². The Morgan fingerprint density at radius 1 is 1.11 bits per heavy atom. The van der Waals surface area contributed by atoms with Crippen LogP contribution in [0.5, 0.6) is 0 Å². The topological polar surface area (TPSA) is 24.5 Å².